The number of hydrogen-bond acceptors (Lipinski definition) is 1. The van der Waals surface area contributed by atoms with Crippen molar-refractivity contribution in [3.63, 3.8) is 0 Å². The largest absolute Gasteiger partial charge is 0.383 e. The number of halogens is 2. The highest BCUT2D eigenvalue weighted by molar-refractivity contribution is 9.10. The molecule has 3 heteroatoms. The van der Waals surface area contributed by atoms with Gasteiger partial charge in [-0.1, -0.05) is 48.0 Å². The maximum Gasteiger partial charge on any atom is 0.146 e. The highest BCUT2D eigenvalue weighted by Gasteiger charge is 2.12. The van der Waals surface area contributed by atoms with Gasteiger partial charge < -0.3 is 5.32 Å². The number of anilines is 1. The molecule has 1 aromatic carbocycles. The van der Waals surface area contributed by atoms with E-state index >= 15 is 0 Å². The Balaban J connectivity index is 1.79. The lowest BCUT2D eigenvalue weighted by atomic mass is 9.87. The van der Waals surface area contributed by atoms with Crippen LogP contribution >= 0.6 is 15.9 Å². The Morgan fingerprint density at radius 1 is 1.24 bits per heavy atom. The Morgan fingerprint density at radius 2 is 2.00 bits per heavy atom. The summed E-state index contributed by atoms with van der Waals surface area (Å²) in [4.78, 5) is 0. The second-order valence-corrected chi connectivity index (χ2v) is 5.76. The summed E-state index contributed by atoms with van der Waals surface area (Å²) in [6.07, 6.45) is 7.99. The van der Waals surface area contributed by atoms with Gasteiger partial charge in [0.25, 0.3) is 0 Å². The fraction of sp³-hybridized carbons (Fsp3) is 0.571. The maximum absolute atomic E-state index is 13.5. The lowest BCUT2D eigenvalue weighted by Gasteiger charge is -2.21. The molecule has 1 aliphatic carbocycles. The molecule has 0 spiro atoms. The van der Waals surface area contributed by atoms with E-state index in [0.717, 1.165) is 23.4 Å². The van der Waals surface area contributed by atoms with Crippen molar-refractivity contribution in [2.24, 2.45) is 5.92 Å². The van der Waals surface area contributed by atoms with E-state index in [0.29, 0.717) is 5.69 Å². The lowest BCUT2D eigenvalue weighted by molar-refractivity contribution is 0.345. The van der Waals surface area contributed by atoms with E-state index in [1.807, 2.05) is 0 Å². The molecule has 0 aromatic heterocycles. The van der Waals surface area contributed by atoms with E-state index in [2.05, 4.69) is 21.2 Å². The minimum absolute atomic E-state index is 0.170. The average Bonchev–Trinajstić information content (AvgIpc) is 2.35. The highest BCUT2D eigenvalue weighted by Crippen LogP contribution is 2.26. The van der Waals surface area contributed by atoms with Crippen molar-refractivity contribution in [1.29, 1.82) is 0 Å². The minimum atomic E-state index is -0.170. The summed E-state index contributed by atoms with van der Waals surface area (Å²) in [5.41, 5.74) is 0.607. The first kappa shape index (κ1) is 12.9. The first-order valence-corrected chi connectivity index (χ1v) is 7.24. The first-order valence-electron chi connectivity index (χ1n) is 6.44. The van der Waals surface area contributed by atoms with Gasteiger partial charge in [0, 0.05) is 11.0 Å². The normalized spacial score (nSPS) is 17.1. The quantitative estimate of drug-likeness (QED) is 0.827. The molecule has 0 amide bonds. The number of rotatable bonds is 4. The van der Waals surface area contributed by atoms with Crippen LogP contribution in [0.5, 0.6) is 0 Å². The van der Waals surface area contributed by atoms with Crippen molar-refractivity contribution in [3.8, 4) is 0 Å². The maximum atomic E-state index is 13.5. The van der Waals surface area contributed by atoms with E-state index in [1.54, 1.807) is 12.1 Å². The lowest BCUT2D eigenvalue weighted by Crippen LogP contribution is -2.12. The molecule has 1 aliphatic rings. The predicted octanol–water partition coefficient (Wildman–Crippen LogP) is 4.97. The third-order valence-corrected chi connectivity index (χ3v) is 4.01. The molecule has 0 unspecified atom stereocenters. The Hall–Kier alpha value is -0.570. The van der Waals surface area contributed by atoms with Crippen LogP contribution in [0.3, 0.4) is 0 Å². The van der Waals surface area contributed by atoms with Crippen LogP contribution in [0.15, 0.2) is 22.7 Å². The molecule has 2 rings (SSSR count). The molecule has 1 saturated carbocycles. The molecule has 17 heavy (non-hydrogen) atoms. The highest BCUT2D eigenvalue weighted by atomic mass is 79.9. The van der Waals surface area contributed by atoms with Crippen LogP contribution in [0.1, 0.15) is 38.5 Å². The van der Waals surface area contributed by atoms with Crippen molar-refractivity contribution in [2.75, 3.05) is 11.9 Å². The summed E-state index contributed by atoms with van der Waals surface area (Å²) in [7, 11) is 0. The smallest absolute Gasteiger partial charge is 0.146 e. The first-order chi connectivity index (χ1) is 8.25. The van der Waals surface area contributed by atoms with Gasteiger partial charge in [0.15, 0.2) is 0 Å². The van der Waals surface area contributed by atoms with E-state index < -0.39 is 0 Å². The molecule has 0 aliphatic heterocycles. The number of nitrogens with one attached hydrogen (secondary N) is 1. The van der Waals surface area contributed by atoms with Crippen LogP contribution in [0.25, 0.3) is 0 Å². The summed E-state index contributed by atoms with van der Waals surface area (Å²) in [6.45, 7) is 0.873. The zero-order valence-electron chi connectivity index (χ0n) is 10.0. The van der Waals surface area contributed by atoms with Crippen LogP contribution in [0, 0.1) is 11.7 Å². The summed E-state index contributed by atoms with van der Waals surface area (Å²) >= 11 is 3.36. The Morgan fingerprint density at radius 3 is 2.76 bits per heavy atom. The summed E-state index contributed by atoms with van der Waals surface area (Å²) in [6, 6.07) is 5.02. The Bertz CT molecular complexity index is 361. The van der Waals surface area contributed by atoms with Crippen LogP contribution in [0.4, 0.5) is 10.1 Å². The minimum Gasteiger partial charge on any atom is -0.383 e. The van der Waals surface area contributed by atoms with E-state index in [4.69, 9.17) is 0 Å². The van der Waals surface area contributed by atoms with Gasteiger partial charge in [0.05, 0.1) is 5.69 Å². The molecular formula is C14H19BrFN. The van der Waals surface area contributed by atoms with Crippen LogP contribution < -0.4 is 5.32 Å². The van der Waals surface area contributed by atoms with Crippen molar-refractivity contribution in [3.05, 3.63) is 28.5 Å². The molecule has 94 valence electrons. The van der Waals surface area contributed by atoms with Crippen molar-refractivity contribution < 1.29 is 4.39 Å². The van der Waals surface area contributed by atoms with Crippen molar-refractivity contribution in [2.45, 2.75) is 38.5 Å². The standard InChI is InChI=1S/C14H19BrFN/c15-12-6-7-13(16)14(10-12)17-9-8-11-4-2-1-3-5-11/h6-7,10-11,17H,1-5,8-9H2. The molecule has 1 nitrogen and oxygen atoms in total. The second kappa shape index (κ2) is 6.39. The number of benzene rings is 1. The molecule has 0 bridgehead atoms. The number of hydrogen-bond donors (Lipinski definition) is 1. The van der Waals surface area contributed by atoms with Gasteiger partial charge in [-0.05, 0) is 30.5 Å². The van der Waals surface area contributed by atoms with Gasteiger partial charge in [-0.15, -0.1) is 0 Å². The monoisotopic (exact) mass is 299 g/mol. The van der Waals surface area contributed by atoms with E-state index in [-0.39, 0.29) is 5.82 Å². The summed E-state index contributed by atoms with van der Waals surface area (Å²) in [5.74, 6) is 0.670. The summed E-state index contributed by atoms with van der Waals surface area (Å²) < 4.78 is 14.4. The van der Waals surface area contributed by atoms with Gasteiger partial charge in [-0.25, -0.2) is 4.39 Å². The molecule has 1 fully saturated rings. The van der Waals surface area contributed by atoms with Crippen molar-refractivity contribution >= 4 is 21.6 Å². The third-order valence-electron chi connectivity index (χ3n) is 3.52. The van der Waals surface area contributed by atoms with Gasteiger partial charge in [0.2, 0.25) is 0 Å². The average molecular weight is 300 g/mol. The van der Waals surface area contributed by atoms with E-state index in [1.165, 1.54) is 38.2 Å². The fourth-order valence-electron chi connectivity index (χ4n) is 2.52. The SMILES string of the molecule is Fc1ccc(Br)cc1NCCC1CCCCC1. The summed E-state index contributed by atoms with van der Waals surface area (Å²) in [5, 5.41) is 3.20. The Kier molecular flexibility index (Phi) is 4.84. The molecule has 0 radical (unpaired) electrons. The molecule has 0 atom stereocenters. The van der Waals surface area contributed by atoms with Crippen LogP contribution in [-0.4, -0.2) is 6.54 Å². The van der Waals surface area contributed by atoms with Gasteiger partial charge >= 0.3 is 0 Å². The van der Waals surface area contributed by atoms with Crippen molar-refractivity contribution in [1.82, 2.24) is 0 Å². The van der Waals surface area contributed by atoms with E-state index in [9.17, 15) is 4.39 Å². The fourth-order valence-corrected chi connectivity index (χ4v) is 2.88. The van der Waals surface area contributed by atoms with Gasteiger partial charge in [-0.3, -0.25) is 0 Å². The molecule has 1 N–H and O–H groups in total. The van der Waals surface area contributed by atoms with Gasteiger partial charge in [-0.2, -0.15) is 0 Å². The second-order valence-electron chi connectivity index (χ2n) is 4.84. The molecular weight excluding hydrogens is 281 g/mol. The Labute approximate surface area is 111 Å². The molecule has 0 heterocycles. The third kappa shape index (κ3) is 3.98. The zero-order valence-corrected chi connectivity index (χ0v) is 11.6. The zero-order chi connectivity index (χ0) is 12.1. The predicted molar refractivity (Wildman–Crippen MR) is 73.8 cm³/mol. The van der Waals surface area contributed by atoms with Gasteiger partial charge in [0.1, 0.15) is 5.82 Å². The molecule has 1 aromatic rings. The topological polar surface area (TPSA) is 12.0 Å². The molecule has 0 saturated heterocycles. The van der Waals surface area contributed by atoms with Crippen LogP contribution in [-0.2, 0) is 0 Å². The van der Waals surface area contributed by atoms with Crippen LogP contribution in [0.2, 0.25) is 0 Å².